The van der Waals surface area contributed by atoms with Crippen molar-refractivity contribution in [3.05, 3.63) is 11.8 Å². The van der Waals surface area contributed by atoms with Gasteiger partial charge in [0, 0.05) is 32.6 Å². The maximum atomic E-state index is 11.9. The number of aromatic nitrogens is 2. The summed E-state index contributed by atoms with van der Waals surface area (Å²) in [6.45, 7) is 6.27. The molecule has 0 fully saturated rings. The average Bonchev–Trinajstić information content (AvgIpc) is 2.67. The van der Waals surface area contributed by atoms with Crippen LogP contribution >= 0.6 is 24.0 Å². The number of rotatable bonds is 3. The van der Waals surface area contributed by atoms with E-state index in [1.165, 1.54) is 11.8 Å². The zero-order valence-electron chi connectivity index (χ0n) is 12.9. The second-order valence-electron chi connectivity index (χ2n) is 5.79. The number of hydrogen-bond donors (Lipinski definition) is 1. The second-order valence-corrected chi connectivity index (χ2v) is 7.39. The Morgan fingerprint density at radius 3 is 2.55 bits per heavy atom. The van der Waals surface area contributed by atoms with Gasteiger partial charge in [0.05, 0.1) is 11.4 Å². The van der Waals surface area contributed by atoms with Crippen molar-refractivity contribution in [3.63, 3.8) is 0 Å². The summed E-state index contributed by atoms with van der Waals surface area (Å²) < 4.78 is 2.38. The molecule has 1 aromatic heterocycles. The zero-order valence-corrected chi connectivity index (χ0v) is 14.5. The molecule has 0 bridgehead atoms. The fraction of sp³-hybridized carbons (Fsp3) is 0.615. The molecular weight excluding hydrogens is 292 g/mol. The maximum absolute atomic E-state index is 11.9. The Kier molecular flexibility index (Phi) is 5.59. The minimum absolute atomic E-state index is 0.0397. The Bertz CT molecular complexity index is 503. The summed E-state index contributed by atoms with van der Waals surface area (Å²) in [6, 6.07) is 1.91. The van der Waals surface area contributed by atoms with Crippen LogP contribution < -0.4 is 5.32 Å². The van der Waals surface area contributed by atoms with Crippen LogP contribution in [0.15, 0.2) is 6.07 Å². The molecule has 0 saturated heterocycles. The highest BCUT2D eigenvalue weighted by molar-refractivity contribution is 8.23. The van der Waals surface area contributed by atoms with E-state index < -0.39 is 0 Å². The van der Waals surface area contributed by atoms with Gasteiger partial charge in [0.2, 0.25) is 5.91 Å². The van der Waals surface area contributed by atoms with Crippen LogP contribution in [0.3, 0.4) is 0 Å². The van der Waals surface area contributed by atoms with Crippen molar-refractivity contribution in [1.82, 2.24) is 14.7 Å². The van der Waals surface area contributed by atoms with Crippen molar-refractivity contribution in [1.29, 1.82) is 0 Å². The van der Waals surface area contributed by atoms with Crippen molar-refractivity contribution < 1.29 is 4.79 Å². The highest BCUT2D eigenvalue weighted by Gasteiger charge is 2.19. The van der Waals surface area contributed by atoms with Gasteiger partial charge in [0.15, 0.2) is 0 Å². The van der Waals surface area contributed by atoms with Crippen molar-refractivity contribution in [2.45, 2.75) is 26.2 Å². The fourth-order valence-electron chi connectivity index (χ4n) is 1.39. The molecular formula is C13H22N4OS2. The largest absolute Gasteiger partial charge is 0.364 e. The van der Waals surface area contributed by atoms with Crippen molar-refractivity contribution >= 4 is 40.0 Å². The zero-order chi connectivity index (χ0) is 15.5. The molecule has 1 amide bonds. The van der Waals surface area contributed by atoms with Crippen LogP contribution in [0.2, 0.25) is 0 Å². The van der Waals surface area contributed by atoms with Crippen LogP contribution in [-0.2, 0) is 17.3 Å². The SMILES string of the molecule is CN(C)C(=S)SCC(=O)Nc1cc(C(C)(C)C)nn1C. The highest BCUT2D eigenvalue weighted by atomic mass is 32.2. The Morgan fingerprint density at radius 2 is 2.10 bits per heavy atom. The number of thioether (sulfide) groups is 1. The summed E-state index contributed by atoms with van der Waals surface area (Å²) in [5, 5.41) is 7.28. The van der Waals surface area contributed by atoms with Crippen LogP contribution in [0, 0.1) is 0 Å². The number of thiocarbonyl (C=S) groups is 1. The Balaban J connectivity index is 2.63. The summed E-state index contributed by atoms with van der Waals surface area (Å²) >= 11 is 6.48. The van der Waals surface area contributed by atoms with Crippen LogP contribution in [0.25, 0.3) is 0 Å². The predicted molar refractivity (Wildman–Crippen MR) is 89.3 cm³/mol. The molecule has 0 aromatic carbocycles. The number of nitrogens with zero attached hydrogens (tertiary/aromatic N) is 3. The molecule has 0 aliphatic heterocycles. The van der Waals surface area contributed by atoms with Gasteiger partial charge in [-0.15, -0.1) is 0 Å². The first kappa shape index (κ1) is 17.0. The highest BCUT2D eigenvalue weighted by Crippen LogP contribution is 2.23. The van der Waals surface area contributed by atoms with E-state index in [0.717, 1.165) is 5.69 Å². The monoisotopic (exact) mass is 314 g/mol. The molecule has 1 aromatic rings. The molecule has 7 heteroatoms. The number of amides is 1. The average molecular weight is 314 g/mol. The summed E-state index contributed by atoms with van der Waals surface area (Å²) in [7, 11) is 5.55. The third-order valence-corrected chi connectivity index (χ3v) is 4.34. The molecule has 0 unspecified atom stereocenters. The number of carbonyl (C=O) groups excluding carboxylic acids is 1. The maximum Gasteiger partial charge on any atom is 0.235 e. The van der Waals surface area contributed by atoms with Crippen molar-refractivity contribution in [2.75, 3.05) is 25.2 Å². The first-order valence-corrected chi connectivity index (χ1v) is 7.69. The van der Waals surface area contributed by atoms with Crippen LogP contribution in [0.1, 0.15) is 26.5 Å². The number of nitrogens with one attached hydrogen (secondary N) is 1. The fourth-order valence-corrected chi connectivity index (χ4v) is 2.15. The van der Waals surface area contributed by atoms with E-state index in [9.17, 15) is 4.79 Å². The molecule has 1 N–H and O–H groups in total. The van der Waals surface area contributed by atoms with Gasteiger partial charge in [-0.1, -0.05) is 44.8 Å². The Hall–Kier alpha value is -1.08. The van der Waals surface area contributed by atoms with Gasteiger partial charge in [-0.3, -0.25) is 9.48 Å². The van der Waals surface area contributed by atoms with E-state index in [0.29, 0.717) is 15.9 Å². The van der Waals surface area contributed by atoms with E-state index in [1.807, 2.05) is 32.1 Å². The lowest BCUT2D eigenvalue weighted by atomic mass is 9.92. The topological polar surface area (TPSA) is 50.2 Å². The molecule has 1 heterocycles. The first-order chi connectivity index (χ1) is 9.11. The smallest absolute Gasteiger partial charge is 0.235 e. The molecule has 0 spiro atoms. The van der Waals surface area contributed by atoms with Gasteiger partial charge < -0.3 is 10.2 Å². The third-order valence-electron chi connectivity index (χ3n) is 2.61. The Morgan fingerprint density at radius 1 is 1.50 bits per heavy atom. The molecule has 0 aliphatic carbocycles. The molecule has 0 atom stereocenters. The van der Waals surface area contributed by atoms with Crippen LogP contribution in [0.4, 0.5) is 5.82 Å². The molecule has 0 saturated carbocycles. The second kappa shape index (κ2) is 6.58. The molecule has 0 aliphatic rings. The molecule has 1 rings (SSSR count). The van der Waals surface area contributed by atoms with E-state index in [-0.39, 0.29) is 11.3 Å². The number of anilines is 1. The number of aryl methyl sites for hydroxylation is 1. The molecule has 0 radical (unpaired) electrons. The molecule has 20 heavy (non-hydrogen) atoms. The van der Waals surface area contributed by atoms with Gasteiger partial charge >= 0.3 is 0 Å². The standard InChI is InChI=1S/C13H22N4OS2/c1-13(2,3)9-7-10(17(6)15-9)14-11(18)8-20-12(19)16(4)5/h7H,8H2,1-6H3,(H,14,18). The number of carbonyl (C=O) groups is 1. The molecule has 5 nitrogen and oxygen atoms in total. The van der Waals surface area contributed by atoms with E-state index in [2.05, 4.69) is 31.2 Å². The number of hydrogen-bond acceptors (Lipinski definition) is 4. The van der Waals surface area contributed by atoms with Crippen molar-refractivity contribution in [3.8, 4) is 0 Å². The van der Waals surface area contributed by atoms with Gasteiger partial charge in [-0.25, -0.2) is 0 Å². The van der Waals surface area contributed by atoms with Crippen molar-refractivity contribution in [2.24, 2.45) is 7.05 Å². The predicted octanol–water partition coefficient (Wildman–Crippen LogP) is 2.24. The normalized spacial score (nSPS) is 11.3. The summed E-state index contributed by atoms with van der Waals surface area (Å²) in [5.74, 6) is 0.923. The minimum Gasteiger partial charge on any atom is -0.364 e. The van der Waals surface area contributed by atoms with E-state index >= 15 is 0 Å². The van der Waals surface area contributed by atoms with Gasteiger partial charge in [0.25, 0.3) is 0 Å². The van der Waals surface area contributed by atoms with Crippen LogP contribution in [0.5, 0.6) is 0 Å². The van der Waals surface area contributed by atoms with E-state index in [4.69, 9.17) is 12.2 Å². The lowest BCUT2D eigenvalue weighted by Gasteiger charge is -2.13. The minimum atomic E-state index is -0.0809. The summed E-state index contributed by atoms with van der Waals surface area (Å²) in [6.07, 6.45) is 0. The van der Waals surface area contributed by atoms with Gasteiger partial charge in [0.1, 0.15) is 10.1 Å². The van der Waals surface area contributed by atoms with Crippen LogP contribution in [-0.4, -0.2) is 44.8 Å². The summed E-state index contributed by atoms with van der Waals surface area (Å²) in [5.41, 5.74) is 0.911. The quantitative estimate of drug-likeness (QED) is 0.867. The Labute approximate surface area is 130 Å². The van der Waals surface area contributed by atoms with E-state index in [1.54, 1.807) is 4.68 Å². The summed E-state index contributed by atoms with van der Waals surface area (Å²) in [4.78, 5) is 13.7. The third kappa shape index (κ3) is 4.79. The van der Waals surface area contributed by atoms with Gasteiger partial charge in [-0.2, -0.15) is 5.10 Å². The first-order valence-electron chi connectivity index (χ1n) is 6.29. The molecule has 112 valence electrons. The lowest BCUT2D eigenvalue weighted by Crippen LogP contribution is -2.21. The van der Waals surface area contributed by atoms with Gasteiger partial charge in [-0.05, 0) is 0 Å². The lowest BCUT2D eigenvalue weighted by molar-refractivity contribution is -0.113.